The largest absolute Gasteiger partial charge is 0.392 e. The van der Waals surface area contributed by atoms with Crippen LogP contribution in [0.1, 0.15) is 532 Å². The molecule has 0 aromatic rings. The highest BCUT2D eigenvalue weighted by Gasteiger charge is 2.42. The lowest BCUT2D eigenvalue weighted by molar-refractivity contribution is -0.186. The zero-order valence-corrected chi connectivity index (χ0v) is 104. The van der Waals surface area contributed by atoms with E-state index in [1.165, 1.54) is 78.6 Å². The summed E-state index contributed by atoms with van der Waals surface area (Å²) in [5, 5.41) is 0.699. The molecule has 844 valence electrons. The molecule has 0 bridgehead atoms. The van der Waals surface area contributed by atoms with Crippen LogP contribution in [0.4, 0.5) is 70.2 Å². The van der Waals surface area contributed by atoms with Crippen molar-refractivity contribution in [1.29, 1.82) is 0 Å². The van der Waals surface area contributed by atoms with Gasteiger partial charge in [0.15, 0.2) is 0 Å². The average Bonchev–Trinajstić information content (AvgIpc) is 0.857. The Kier molecular flexibility index (Phi) is 128. The fourth-order valence-electron chi connectivity index (χ4n) is 10.4. The molecule has 0 heterocycles. The van der Waals surface area contributed by atoms with Gasteiger partial charge in [0, 0.05) is 23.6 Å². The fourth-order valence-corrected chi connectivity index (χ4v) is 10.4. The number of rotatable bonds is 32. The van der Waals surface area contributed by atoms with Gasteiger partial charge in [0.05, 0.1) is 36.0 Å². The average molecular weight is 2030 g/mol. The lowest BCUT2D eigenvalue weighted by atomic mass is 9.84. The minimum atomic E-state index is -4.04. The minimum absolute atomic E-state index is 0.0174. The molecule has 0 nitrogen and oxygen atoms in total. The maximum Gasteiger partial charge on any atom is 0.392 e. The van der Waals surface area contributed by atoms with Crippen molar-refractivity contribution in [1.82, 2.24) is 0 Å². The maximum absolute atomic E-state index is 12.4. The van der Waals surface area contributed by atoms with Crippen molar-refractivity contribution in [3.8, 4) is 0 Å². The molecule has 0 aliphatic rings. The van der Waals surface area contributed by atoms with Crippen LogP contribution >= 0.6 is 23.2 Å². The van der Waals surface area contributed by atoms with E-state index >= 15 is 0 Å². The van der Waals surface area contributed by atoms with Gasteiger partial charge in [0.2, 0.25) is 5.92 Å². The lowest BCUT2D eigenvalue weighted by Crippen LogP contribution is -2.28. The quantitative estimate of drug-likeness (QED) is 0.0465. The zero-order valence-electron chi connectivity index (χ0n) is 102. The predicted molar refractivity (Wildman–Crippen MR) is 586 cm³/mol. The topological polar surface area (TPSA) is 0 Å². The summed E-state index contributed by atoms with van der Waals surface area (Å²) in [4.78, 5) is 0. The Morgan fingerprint density at radius 1 is 0.259 bits per heavy atom. The van der Waals surface area contributed by atoms with Gasteiger partial charge in [0.25, 0.3) is 0 Å². The molecule has 18 heteroatoms. The summed E-state index contributed by atoms with van der Waals surface area (Å²) < 4.78 is 192. The molecule has 135 heavy (non-hydrogen) atoms. The highest BCUT2D eigenvalue weighted by molar-refractivity contribution is 6.20. The van der Waals surface area contributed by atoms with Crippen LogP contribution < -0.4 is 0 Å². The van der Waals surface area contributed by atoms with E-state index in [0.29, 0.717) is 45.8 Å². The molecule has 0 radical (unpaired) electrons. The third-order valence-electron chi connectivity index (χ3n) is 23.8. The van der Waals surface area contributed by atoms with Gasteiger partial charge >= 0.3 is 24.7 Å². The second-order valence-electron chi connectivity index (χ2n) is 48.7. The molecular formula is C117H250Cl2F16. The van der Waals surface area contributed by atoms with Crippen molar-refractivity contribution < 1.29 is 70.2 Å². The summed E-state index contributed by atoms with van der Waals surface area (Å²) in [5.41, 5.74) is 1.02. The molecule has 0 aromatic heterocycles. The molecule has 0 aliphatic carbocycles. The Labute approximate surface area is 850 Å². The molecule has 0 fully saturated rings. The Morgan fingerprint density at radius 3 is 0.615 bits per heavy atom. The summed E-state index contributed by atoms with van der Waals surface area (Å²) in [6.07, 6.45) is -2.74. The first-order chi connectivity index (χ1) is 59.7. The Hall–Kier alpha value is -0.540. The van der Waals surface area contributed by atoms with E-state index in [1.54, 1.807) is 62.3 Å². The first-order valence-corrected chi connectivity index (χ1v) is 54.8. The van der Waals surface area contributed by atoms with E-state index in [2.05, 4.69) is 270 Å². The second kappa shape index (κ2) is 99.4. The number of alkyl halides is 18. The van der Waals surface area contributed by atoms with E-state index in [-0.39, 0.29) is 73.5 Å². The molecule has 12 atom stereocenters. The van der Waals surface area contributed by atoms with Gasteiger partial charge in [-0.3, -0.25) is 0 Å². The monoisotopic (exact) mass is 2030 g/mol. The van der Waals surface area contributed by atoms with Crippen LogP contribution in [0.3, 0.4) is 0 Å². The van der Waals surface area contributed by atoms with E-state index in [9.17, 15) is 70.2 Å². The minimum Gasteiger partial charge on any atom is -0.248 e. The predicted octanol–water partition coefficient (Wildman–Crippen LogP) is 48.2. The molecule has 12 unspecified atom stereocenters. The summed E-state index contributed by atoms with van der Waals surface area (Å²) in [5.74, 6) is 6.51. The van der Waals surface area contributed by atoms with Crippen molar-refractivity contribution in [2.45, 2.75) is 586 Å². The van der Waals surface area contributed by atoms with Gasteiger partial charge < -0.3 is 0 Å². The number of halogens is 18. The van der Waals surface area contributed by atoms with Crippen LogP contribution in [-0.2, 0) is 0 Å². The van der Waals surface area contributed by atoms with Crippen LogP contribution in [0.5, 0.6) is 0 Å². The van der Waals surface area contributed by atoms with Crippen LogP contribution in [0.2, 0.25) is 0 Å². The molecule has 0 aromatic carbocycles. The van der Waals surface area contributed by atoms with Gasteiger partial charge in [-0.2, -0.15) is 52.7 Å². The Balaban J connectivity index is -0.0000000733. The maximum atomic E-state index is 12.4. The number of hydrogen-bond acceptors (Lipinski definition) is 0. The standard InChI is InChI=1S/2C8H15F3.4C8H18.C7H13F3.C7H14F2.3C7H16.C6H13Cl.C6H11F3.C6H13F.C6H14.C5H11Cl.C5H11F/c1-5(2)6(3)7(4)8(9,10)11;1-4-7(5-6(2)3)8(9,10)11;1-7(2)6-8(3,4)5;1-7(2)5-6-8(3)4;1-5-8(4)6-7(2)3;1-5-6-8(4)7(2)3;1-4-6(5(2)3)7(8,9)10;1-4-7(8,9)5-6(2)3;1-6(2)7(3,4)5;1-6(2)5-7(3)4;1-5-7(4)6(2)3;1-4-6(7)5(2)3;1-4(2)5(3)6(7,8)9;1-5(2)4-6(3)7;1-5(2)6(3)4;2*1-4(2)5(3)6/h5-7H,1-4H3;6-7H,4-5H2,1-3H3;7H,6H2,1-5H3;3*7-8H,5-6H2,1-4H3;5-6H,4H2,1-3H3;6H,4-5H2,1-3H3;6H,1-5H3;2*6-7H,5H2,1-4H3;5-6H,4H2,1-3H3;4-5H,1-3H3;5-6H,4H2,1-3H3;5-6H,1-4H3;2*4-5H,1-3H3. The molecule has 0 saturated heterocycles. The third-order valence-corrected chi connectivity index (χ3v) is 25.1. The van der Waals surface area contributed by atoms with Crippen molar-refractivity contribution in [3.05, 3.63) is 0 Å². The van der Waals surface area contributed by atoms with E-state index < -0.39 is 66.6 Å². The zero-order chi connectivity index (χ0) is 113. The highest BCUT2D eigenvalue weighted by Crippen LogP contribution is 2.38. The second-order valence-corrected chi connectivity index (χ2v) is 49.9. The lowest BCUT2D eigenvalue weighted by Gasteiger charge is -2.25. The first kappa shape index (κ1) is 174. The molecule has 0 saturated carbocycles. The van der Waals surface area contributed by atoms with Crippen molar-refractivity contribution >= 4 is 23.2 Å². The SMILES string of the molecule is CC(C)C(C)(C)C.CC(C)C(C)C.CC(C)C(C)C(C)C(F)(F)F.CC(C)C(C)C(F)(F)F.CC(C)C(C)Cl.CC(C)C(C)F.CC(C)CC(C)(C)C.CC(C)CC(C)C.CC(C)CC(C)F.CC(C)CCC(C)C.CCC(C(C)C)C(F)(F)F.CCC(C)C(C)C.CCC(C)CC(C)C.CCC(CC(C)C)C(F)(F)F.CCC(Cl)C(C)C.CCC(F)(F)CC(C)C.CCCC(C)C(C)C. The fraction of sp³-hybridized carbons (Fsp3) is 1.00. The van der Waals surface area contributed by atoms with Gasteiger partial charge in [0.1, 0.15) is 0 Å². The van der Waals surface area contributed by atoms with Crippen LogP contribution in [0, 0.1) is 177 Å². The summed E-state index contributed by atoms with van der Waals surface area (Å²) >= 11 is 11.4. The van der Waals surface area contributed by atoms with E-state index in [4.69, 9.17) is 23.2 Å². The van der Waals surface area contributed by atoms with Gasteiger partial charge in [-0.25, -0.2) is 17.6 Å². The van der Waals surface area contributed by atoms with Gasteiger partial charge in [-0.05, 0) is 225 Å². The molecule has 0 spiro atoms. The van der Waals surface area contributed by atoms with Crippen molar-refractivity contribution in [2.24, 2.45) is 177 Å². The molecule has 0 aliphatic heterocycles. The van der Waals surface area contributed by atoms with Crippen LogP contribution in [0.25, 0.3) is 0 Å². The Morgan fingerprint density at radius 2 is 0.570 bits per heavy atom. The first-order valence-electron chi connectivity index (χ1n) is 53.9. The normalized spacial score (nSPS) is 14.5. The van der Waals surface area contributed by atoms with Crippen LogP contribution in [-0.4, -0.2) is 53.7 Å². The highest BCUT2D eigenvalue weighted by atomic mass is 35.5. The molecule has 0 N–H and O–H groups in total. The molecular weight excluding hydrogens is 1780 g/mol. The Bertz CT molecular complexity index is 2110. The number of hydrogen-bond donors (Lipinski definition) is 0. The molecule has 0 rings (SSSR count). The molecule has 0 amide bonds. The van der Waals surface area contributed by atoms with Gasteiger partial charge in [-0.15, -0.1) is 23.2 Å². The van der Waals surface area contributed by atoms with Crippen LogP contribution in [0.15, 0.2) is 0 Å². The summed E-state index contributed by atoms with van der Waals surface area (Å²) in [6, 6.07) is 0. The van der Waals surface area contributed by atoms with Crippen molar-refractivity contribution in [3.63, 3.8) is 0 Å². The smallest absolute Gasteiger partial charge is 0.248 e. The third kappa shape index (κ3) is 170. The van der Waals surface area contributed by atoms with Crippen molar-refractivity contribution in [2.75, 3.05) is 0 Å². The summed E-state index contributed by atoms with van der Waals surface area (Å²) in [7, 11) is 0. The van der Waals surface area contributed by atoms with E-state index in [0.717, 1.165) is 89.3 Å². The summed E-state index contributed by atoms with van der Waals surface area (Å²) in [6.45, 7) is 127. The van der Waals surface area contributed by atoms with E-state index in [1.807, 2.05) is 76.2 Å². The van der Waals surface area contributed by atoms with Gasteiger partial charge in [-0.1, -0.05) is 447 Å².